The van der Waals surface area contributed by atoms with Crippen LogP contribution >= 0.6 is 0 Å². The number of anilines is 1. The van der Waals surface area contributed by atoms with E-state index in [1.165, 1.54) is 34.5 Å². The summed E-state index contributed by atoms with van der Waals surface area (Å²) in [7, 11) is 0. The Kier molecular flexibility index (Phi) is 7.34. The Hall–Kier alpha value is -3.08. The van der Waals surface area contributed by atoms with E-state index < -0.39 is 11.7 Å². The second-order valence-electron chi connectivity index (χ2n) is 10.0. The summed E-state index contributed by atoms with van der Waals surface area (Å²) in [6.45, 7) is 9.71. The maximum absolute atomic E-state index is 13.8. The topological polar surface area (TPSA) is 6.25 Å². The average molecular weight is 480 g/mol. The van der Waals surface area contributed by atoms with E-state index in [1.54, 1.807) is 12.1 Å². The smallest absolute Gasteiger partial charge is 0.257 e. The van der Waals surface area contributed by atoms with Crippen LogP contribution in [0.4, 0.5) is 18.9 Å². The summed E-state index contributed by atoms with van der Waals surface area (Å²) in [5.74, 6) is 0.675. The molecule has 0 aliphatic carbocycles. The van der Waals surface area contributed by atoms with Crippen LogP contribution < -0.4 is 4.90 Å². The van der Waals surface area contributed by atoms with Crippen LogP contribution in [0.15, 0.2) is 72.8 Å². The van der Waals surface area contributed by atoms with Crippen LogP contribution in [-0.4, -0.2) is 23.5 Å². The lowest BCUT2D eigenvalue weighted by atomic mass is 9.92. The Labute approximate surface area is 206 Å². The van der Waals surface area contributed by atoms with Crippen LogP contribution in [0.25, 0.3) is 0 Å². The fraction of sp³-hybridized carbons (Fsp3) is 0.367. The SMILES string of the molecule is CC(C)c1cccc(C(C)C)c1N1C=[N+](Cc2ccccc2C(F)(F)F)[C@@H](Cc2ccccc2)C1. The fourth-order valence-corrected chi connectivity index (χ4v) is 5.01. The van der Waals surface area contributed by atoms with E-state index in [4.69, 9.17) is 0 Å². The van der Waals surface area contributed by atoms with Gasteiger partial charge in [0.25, 0.3) is 0 Å². The zero-order valence-electron chi connectivity index (χ0n) is 20.9. The summed E-state index contributed by atoms with van der Waals surface area (Å²) in [6, 6.07) is 22.6. The van der Waals surface area contributed by atoms with Gasteiger partial charge in [-0.15, -0.1) is 0 Å². The quantitative estimate of drug-likeness (QED) is 0.316. The Morgan fingerprint density at radius 1 is 0.829 bits per heavy atom. The van der Waals surface area contributed by atoms with Crippen molar-refractivity contribution < 1.29 is 17.7 Å². The summed E-state index contributed by atoms with van der Waals surface area (Å²) < 4.78 is 43.4. The lowest BCUT2D eigenvalue weighted by Crippen LogP contribution is -2.30. The molecular formula is C30H34F3N2+. The molecule has 3 aromatic rings. The van der Waals surface area contributed by atoms with Crippen molar-refractivity contribution in [3.63, 3.8) is 0 Å². The Balaban J connectivity index is 1.77. The molecule has 0 amide bonds. The standard InChI is InChI=1S/C30H34F3N2/c1-21(2)26-14-10-15-27(22(3)4)29(26)35-19-25(17-23-11-6-5-7-12-23)34(20-35)18-24-13-8-9-16-28(24)30(31,32)33/h5-16,20-22,25H,17-19H2,1-4H3/q+1/t25-/m0/s1. The second kappa shape index (κ2) is 10.3. The van der Waals surface area contributed by atoms with Gasteiger partial charge in [0.2, 0.25) is 6.34 Å². The minimum Gasteiger partial charge on any atom is -0.257 e. The number of hydrogen-bond donors (Lipinski definition) is 0. The minimum atomic E-state index is -4.38. The molecule has 1 heterocycles. The largest absolute Gasteiger partial charge is 0.416 e. The van der Waals surface area contributed by atoms with Crippen LogP contribution in [0, 0.1) is 0 Å². The van der Waals surface area contributed by atoms with Gasteiger partial charge in [0, 0.05) is 23.1 Å². The zero-order valence-corrected chi connectivity index (χ0v) is 20.9. The third-order valence-corrected chi connectivity index (χ3v) is 6.78. The van der Waals surface area contributed by atoms with Crippen molar-refractivity contribution >= 4 is 12.0 Å². The molecule has 0 saturated carbocycles. The zero-order chi connectivity index (χ0) is 25.2. The molecule has 184 valence electrons. The molecule has 1 atom stereocenters. The number of halogens is 3. The maximum Gasteiger partial charge on any atom is 0.416 e. The van der Waals surface area contributed by atoms with Crippen LogP contribution in [0.3, 0.4) is 0 Å². The number of hydrogen-bond acceptors (Lipinski definition) is 1. The average Bonchev–Trinajstić information content (AvgIpc) is 3.20. The molecule has 3 aromatic carbocycles. The number of rotatable bonds is 7. The first kappa shape index (κ1) is 25.0. The molecule has 0 saturated heterocycles. The van der Waals surface area contributed by atoms with Crippen molar-refractivity contribution in [2.75, 3.05) is 11.4 Å². The molecule has 0 spiro atoms. The third-order valence-electron chi connectivity index (χ3n) is 6.78. The normalized spacial score (nSPS) is 16.3. The van der Waals surface area contributed by atoms with Crippen LogP contribution in [0.2, 0.25) is 0 Å². The van der Waals surface area contributed by atoms with Gasteiger partial charge in [-0.05, 0) is 23.5 Å². The van der Waals surface area contributed by atoms with E-state index >= 15 is 0 Å². The first-order valence-electron chi connectivity index (χ1n) is 12.3. The second-order valence-corrected chi connectivity index (χ2v) is 10.0. The molecule has 0 unspecified atom stereocenters. The lowest BCUT2D eigenvalue weighted by Gasteiger charge is -2.21. The van der Waals surface area contributed by atoms with Gasteiger partial charge < -0.3 is 0 Å². The fourth-order valence-electron chi connectivity index (χ4n) is 5.01. The van der Waals surface area contributed by atoms with E-state index in [0.717, 1.165) is 13.0 Å². The van der Waals surface area contributed by atoms with Crippen molar-refractivity contribution in [2.45, 2.75) is 64.7 Å². The Morgan fingerprint density at radius 3 is 2.03 bits per heavy atom. The van der Waals surface area contributed by atoms with Crippen molar-refractivity contribution in [1.29, 1.82) is 0 Å². The van der Waals surface area contributed by atoms with E-state index in [9.17, 15) is 13.2 Å². The summed E-state index contributed by atoms with van der Waals surface area (Å²) in [4.78, 5) is 2.27. The highest BCUT2D eigenvalue weighted by atomic mass is 19.4. The highest BCUT2D eigenvalue weighted by molar-refractivity contribution is 5.82. The number of nitrogens with zero attached hydrogens (tertiary/aromatic N) is 2. The van der Waals surface area contributed by atoms with Gasteiger partial charge in [0.1, 0.15) is 24.8 Å². The molecule has 0 aromatic heterocycles. The van der Waals surface area contributed by atoms with Crippen LogP contribution in [-0.2, 0) is 19.1 Å². The van der Waals surface area contributed by atoms with Gasteiger partial charge in [-0.2, -0.15) is 13.2 Å². The molecule has 2 nitrogen and oxygen atoms in total. The van der Waals surface area contributed by atoms with Crippen molar-refractivity contribution in [2.24, 2.45) is 0 Å². The van der Waals surface area contributed by atoms with Gasteiger partial charge in [0.15, 0.2) is 0 Å². The first-order valence-corrected chi connectivity index (χ1v) is 12.3. The number of para-hydroxylation sites is 1. The van der Waals surface area contributed by atoms with Crippen molar-refractivity contribution in [3.05, 3.63) is 101 Å². The predicted molar refractivity (Wildman–Crippen MR) is 137 cm³/mol. The van der Waals surface area contributed by atoms with Gasteiger partial charge in [-0.3, -0.25) is 4.58 Å². The maximum atomic E-state index is 13.8. The summed E-state index contributed by atoms with van der Waals surface area (Å²) in [6.07, 6.45) is -1.56. The Morgan fingerprint density at radius 2 is 1.43 bits per heavy atom. The lowest BCUT2D eigenvalue weighted by molar-refractivity contribution is -0.567. The van der Waals surface area contributed by atoms with Crippen molar-refractivity contribution in [3.8, 4) is 0 Å². The van der Waals surface area contributed by atoms with Gasteiger partial charge in [-0.25, -0.2) is 4.90 Å². The summed E-state index contributed by atoms with van der Waals surface area (Å²) in [5.41, 5.74) is 4.66. The molecule has 35 heavy (non-hydrogen) atoms. The first-order chi connectivity index (χ1) is 16.6. The number of alkyl halides is 3. The molecule has 5 heteroatoms. The summed E-state index contributed by atoms with van der Waals surface area (Å²) >= 11 is 0. The Bertz CT molecular complexity index is 1150. The monoisotopic (exact) mass is 479 g/mol. The van der Waals surface area contributed by atoms with E-state index in [0.29, 0.717) is 17.4 Å². The van der Waals surface area contributed by atoms with Crippen molar-refractivity contribution in [1.82, 2.24) is 0 Å². The third kappa shape index (κ3) is 5.61. The van der Waals surface area contributed by atoms with E-state index in [1.807, 2.05) is 24.5 Å². The van der Waals surface area contributed by atoms with Crippen LogP contribution in [0.5, 0.6) is 0 Å². The summed E-state index contributed by atoms with van der Waals surface area (Å²) in [5, 5.41) is 0. The van der Waals surface area contributed by atoms with Gasteiger partial charge >= 0.3 is 6.18 Å². The molecule has 0 bridgehead atoms. The molecule has 4 rings (SSSR count). The predicted octanol–water partition coefficient (Wildman–Crippen LogP) is 7.62. The molecule has 1 aliphatic heterocycles. The molecular weight excluding hydrogens is 445 g/mol. The van der Waals surface area contributed by atoms with E-state index in [2.05, 4.69) is 67.5 Å². The molecule has 0 fully saturated rings. The minimum absolute atomic E-state index is 0.0546. The van der Waals surface area contributed by atoms with Gasteiger partial charge in [-0.1, -0.05) is 94.4 Å². The molecule has 0 N–H and O–H groups in total. The van der Waals surface area contributed by atoms with E-state index in [-0.39, 0.29) is 12.6 Å². The number of benzene rings is 3. The van der Waals surface area contributed by atoms with Crippen LogP contribution in [0.1, 0.15) is 67.3 Å². The highest BCUT2D eigenvalue weighted by Gasteiger charge is 2.38. The van der Waals surface area contributed by atoms with Gasteiger partial charge in [0.05, 0.1) is 5.56 Å². The highest BCUT2D eigenvalue weighted by Crippen LogP contribution is 2.37. The molecule has 1 aliphatic rings. The molecule has 0 radical (unpaired) electrons.